The zero-order valence-corrected chi connectivity index (χ0v) is 21.8. The summed E-state index contributed by atoms with van der Waals surface area (Å²) in [5, 5.41) is 7.15. The number of pyridine rings is 1. The summed E-state index contributed by atoms with van der Waals surface area (Å²) in [5.74, 6) is -1.39. The molecule has 5 rings (SSSR count). The molecule has 1 saturated heterocycles. The first-order valence-corrected chi connectivity index (χ1v) is 13.3. The van der Waals surface area contributed by atoms with Crippen LogP contribution >= 0.6 is 0 Å². The molecule has 0 radical (unpaired) electrons. The average Bonchev–Trinajstić information content (AvgIpc) is 3.73. The second kappa shape index (κ2) is 11.1. The van der Waals surface area contributed by atoms with Crippen LogP contribution in [0.5, 0.6) is 6.01 Å². The SMILES string of the molecule is CC(C)Oc1ncc(C(CNC(=O)c2cccc3nc(NCC4CC4)ccc23)N2CCC(F)(F)CC2)cn1. The topological polar surface area (TPSA) is 92.3 Å². The van der Waals surface area contributed by atoms with Gasteiger partial charge in [0.1, 0.15) is 5.82 Å². The van der Waals surface area contributed by atoms with Gasteiger partial charge < -0.3 is 15.4 Å². The van der Waals surface area contributed by atoms with Crippen LogP contribution < -0.4 is 15.4 Å². The number of benzene rings is 1. The number of piperidine rings is 1. The van der Waals surface area contributed by atoms with Crippen LogP contribution in [-0.4, -0.2) is 64.0 Å². The lowest BCUT2D eigenvalue weighted by molar-refractivity contribution is -0.0632. The van der Waals surface area contributed by atoms with E-state index in [0.29, 0.717) is 5.56 Å². The molecule has 8 nitrogen and oxygen atoms in total. The molecule has 2 N–H and O–H groups in total. The minimum atomic E-state index is -2.67. The maximum atomic E-state index is 13.9. The van der Waals surface area contributed by atoms with Gasteiger partial charge in [0, 0.05) is 67.9 Å². The Morgan fingerprint density at radius 2 is 1.87 bits per heavy atom. The van der Waals surface area contributed by atoms with Crippen molar-refractivity contribution in [3.05, 3.63) is 53.9 Å². The first-order valence-electron chi connectivity index (χ1n) is 13.3. The summed E-state index contributed by atoms with van der Waals surface area (Å²) in [5.41, 5.74) is 1.99. The molecule has 2 fully saturated rings. The molecule has 1 atom stereocenters. The lowest BCUT2D eigenvalue weighted by Gasteiger charge is -2.37. The summed E-state index contributed by atoms with van der Waals surface area (Å²) >= 11 is 0. The van der Waals surface area contributed by atoms with Crippen LogP contribution in [0.2, 0.25) is 0 Å². The molecule has 2 aromatic heterocycles. The zero-order chi connectivity index (χ0) is 26.7. The number of alkyl halides is 2. The highest BCUT2D eigenvalue weighted by Crippen LogP contribution is 2.32. The number of likely N-dealkylation sites (tertiary alicyclic amines) is 1. The van der Waals surface area contributed by atoms with Gasteiger partial charge in [-0.3, -0.25) is 9.69 Å². The maximum absolute atomic E-state index is 13.9. The highest BCUT2D eigenvalue weighted by Gasteiger charge is 2.37. The van der Waals surface area contributed by atoms with Crippen molar-refractivity contribution in [1.29, 1.82) is 0 Å². The quantitative estimate of drug-likeness (QED) is 0.392. The van der Waals surface area contributed by atoms with Crippen molar-refractivity contribution in [2.24, 2.45) is 5.92 Å². The van der Waals surface area contributed by atoms with Gasteiger partial charge in [0.25, 0.3) is 11.8 Å². The number of hydrogen-bond acceptors (Lipinski definition) is 7. The van der Waals surface area contributed by atoms with Gasteiger partial charge in [-0.05, 0) is 56.9 Å². The van der Waals surface area contributed by atoms with E-state index in [-0.39, 0.29) is 56.5 Å². The Kier molecular flexibility index (Phi) is 7.69. The number of rotatable bonds is 10. The molecule has 1 saturated carbocycles. The number of amides is 1. The summed E-state index contributed by atoms with van der Waals surface area (Å²) in [6, 6.07) is 9.20. The van der Waals surface area contributed by atoms with Gasteiger partial charge in [-0.15, -0.1) is 0 Å². The Labute approximate surface area is 221 Å². The Balaban J connectivity index is 1.31. The molecule has 1 aliphatic carbocycles. The fourth-order valence-electron chi connectivity index (χ4n) is 4.70. The van der Waals surface area contributed by atoms with Crippen molar-refractivity contribution in [2.45, 2.75) is 57.6 Å². The molecular weight excluding hydrogens is 490 g/mol. The van der Waals surface area contributed by atoms with Crippen molar-refractivity contribution in [1.82, 2.24) is 25.2 Å². The van der Waals surface area contributed by atoms with E-state index < -0.39 is 5.92 Å². The normalized spacial score (nSPS) is 18.3. The minimum absolute atomic E-state index is 0.0690. The van der Waals surface area contributed by atoms with Crippen molar-refractivity contribution in [2.75, 3.05) is 31.5 Å². The summed E-state index contributed by atoms with van der Waals surface area (Å²) in [6.07, 6.45) is 5.29. The molecule has 3 aromatic rings. The van der Waals surface area contributed by atoms with Crippen molar-refractivity contribution in [3.63, 3.8) is 0 Å². The number of halogens is 2. The van der Waals surface area contributed by atoms with Crippen LogP contribution in [0.15, 0.2) is 42.7 Å². The van der Waals surface area contributed by atoms with Gasteiger partial charge in [0.15, 0.2) is 0 Å². The molecule has 10 heteroatoms. The smallest absolute Gasteiger partial charge is 0.316 e. The molecule has 2 aliphatic rings. The largest absolute Gasteiger partial charge is 0.461 e. The van der Waals surface area contributed by atoms with Gasteiger partial charge in [-0.25, -0.2) is 23.7 Å². The Morgan fingerprint density at radius 1 is 1.13 bits per heavy atom. The standard InChI is InChI=1S/C28H34F2N6O2/c1-18(2)38-27-33-15-20(16-34-27)24(36-12-10-28(29,30)11-13-36)17-32-26(37)22-4-3-5-23-21(22)8-9-25(35-23)31-14-19-6-7-19/h3-5,8-9,15-16,18-19,24H,6-7,10-14,17H2,1-2H3,(H,31,35)(H,32,37). The molecule has 0 spiro atoms. The Morgan fingerprint density at radius 3 is 2.55 bits per heavy atom. The van der Waals surface area contributed by atoms with E-state index in [4.69, 9.17) is 4.74 Å². The van der Waals surface area contributed by atoms with E-state index in [1.54, 1.807) is 18.5 Å². The van der Waals surface area contributed by atoms with E-state index >= 15 is 0 Å². The second-order valence-corrected chi connectivity index (χ2v) is 10.5. The number of carbonyl (C=O) groups is 1. The third-order valence-corrected chi connectivity index (χ3v) is 7.05. The monoisotopic (exact) mass is 524 g/mol. The molecule has 3 heterocycles. The molecule has 38 heavy (non-hydrogen) atoms. The summed E-state index contributed by atoms with van der Waals surface area (Å²) < 4.78 is 33.3. The van der Waals surface area contributed by atoms with Crippen LogP contribution in [-0.2, 0) is 0 Å². The number of nitrogens with zero attached hydrogens (tertiary/aromatic N) is 4. The molecule has 0 bridgehead atoms. The molecule has 1 aliphatic heterocycles. The van der Waals surface area contributed by atoms with E-state index in [9.17, 15) is 13.6 Å². The number of anilines is 1. The molecular formula is C28H34F2N6O2. The Hall–Kier alpha value is -3.40. The maximum Gasteiger partial charge on any atom is 0.316 e. The average molecular weight is 525 g/mol. The van der Waals surface area contributed by atoms with E-state index in [0.717, 1.165) is 34.7 Å². The fourth-order valence-corrected chi connectivity index (χ4v) is 4.70. The molecule has 1 aromatic carbocycles. The van der Waals surface area contributed by atoms with Gasteiger partial charge in [-0.1, -0.05) is 6.07 Å². The minimum Gasteiger partial charge on any atom is -0.461 e. The summed E-state index contributed by atoms with van der Waals surface area (Å²) in [7, 11) is 0. The number of nitrogens with one attached hydrogen (secondary N) is 2. The lowest BCUT2D eigenvalue weighted by atomic mass is 10.0. The van der Waals surface area contributed by atoms with Gasteiger partial charge in [-0.2, -0.15) is 0 Å². The number of hydrogen-bond donors (Lipinski definition) is 2. The van der Waals surface area contributed by atoms with Crippen molar-refractivity contribution < 1.29 is 18.3 Å². The van der Waals surface area contributed by atoms with Gasteiger partial charge in [0.05, 0.1) is 17.7 Å². The highest BCUT2D eigenvalue weighted by molar-refractivity contribution is 6.06. The number of fused-ring (bicyclic) bond motifs is 1. The predicted molar refractivity (Wildman–Crippen MR) is 142 cm³/mol. The van der Waals surface area contributed by atoms with Crippen LogP contribution in [0.3, 0.4) is 0 Å². The van der Waals surface area contributed by atoms with Crippen molar-refractivity contribution >= 4 is 22.6 Å². The van der Waals surface area contributed by atoms with E-state index in [2.05, 4.69) is 25.6 Å². The zero-order valence-electron chi connectivity index (χ0n) is 21.8. The van der Waals surface area contributed by atoms with Gasteiger partial charge >= 0.3 is 6.01 Å². The molecule has 1 amide bonds. The second-order valence-electron chi connectivity index (χ2n) is 10.5. The molecule has 202 valence electrons. The lowest BCUT2D eigenvalue weighted by Crippen LogP contribution is -2.45. The van der Waals surface area contributed by atoms with Crippen LogP contribution in [0.25, 0.3) is 10.9 Å². The first-order chi connectivity index (χ1) is 18.3. The summed E-state index contributed by atoms with van der Waals surface area (Å²) in [4.78, 5) is 28.5. The fraction of sp³-hybridized carbons (Fsp3) is 0.500. The third kappa shape index (κ3) is 6.53. The van der Waals surface area contributed by atoms with Crippen LogP contribution in [0, 0.1) is 5.92 Å². The highest BCUT2D eigenvalue weighted by atomic mass is 19.3. The Bertz CT molecular complexity index is 1260. The molecule has 1 unspecified atom stereocenters. The number of ether oxygens (including phenoxy) is 1. The predicted octanol–water partition coefficient (Wildman–Crippen LogP) is 4.84. The van der Waals surface area contributed by atoms with E-state index in [1.807, 2.05) is 43.0 Å². The van der Waals surface area contributed by atoms with Crippen LogP contribution in [0.1, 0.15) is 61.5 Å². The van der Waals surface area contributed by atoms with E-state index in [1.165, 1.54) is 12.8 Å². The summed E-state index contributed by atoms with van der Waals surface area (Å²) in [6.45, 7) is 5.34. The number of carbonyl (C=O) groups excluding carboxylic acids is 1. The number of aromatic nitrogens is 3. The van der Waals surface area contributed by atoms with Crippen molar-refractivity contribution in [3.8, 4) is 6.01 Å². The van der Waals surface area contributed by atoms with Gasteiger partial charge in [0.2, 0.25) is 0 Å². The third-order valence-electron chi connectivity index (χ3n) is 7.05. The first kappa shape index (κ1) is 26.2. The van der Waals surface area contributed by atoms with Crippen LogP contribution in [0.4, 0.5) is 14.6 Å².